The van der Waals surface area contributed by atoms with Crippen LogP contribution in [0.4, 0.5) is 11.4 Å². The first kappa shape index (κ1) is 18.5. The van der Waals surface area contributed by atoms with Gasteiger partial charge in [-0.15, -0.1) is 0 Å². The maximum absolute atomic E-state index is 12.5. The molecule has 0 bridgehead atoms. The Morgan fingerprint density at radius 1 is 1.00 bits per heavy atom. The molecule has 7 nitrogen and oxygen atoms in total. The van der Waals surface area contributed by atoms with Crippen molar-refractivity contribution in [1.82, 2.24) is 10.3 Å². The minimum Gasteiger partial charge on any atom is -0.454 e. The molecule has 29 heavy (non-hydrogen) atoms. The zero-order valence-corrected chi connectivity index (χ0v) is 15.8. The lowest BCUT2D eigenvalue weighted by Gasteiger charge is -2.10. The van der Waals surface area contributed by atoms with Gasteiger partial charge in [-0.25, -0.2) is 0 Å². The maximum Gasteiger partial charge on any atom is 0.270 e. The molecular weight excluding hydrogens is 370 g/mol. The summed E-state index contributed by atoms with van der Waals surface area (Å²) in [5, 5.41) is 6.05. The summed E-state index contributed by atoms with van der Waals surface area (Å²) in [4.78, 5) is 28.2. The molecule has 7 heteroatoms. The molecule has 4 rings (SSSR count). The standard InChI is InChI=1S/C22H19N3O4/c1-14(26)16-3-2-4-17(10-16)25-18-7-8-23-19(11-18)22(27)24-12-15-5-6-20-21(9-15)29-13-28-20/h2-11H,12-13H2,1H3,(H,23,25)(H,24,27). The van der Waals surface area contributed by atoms with Crippen LogP contribution in [0.1, 0.15) is 33.3 Å². The number of nitrogens with one attached hydrogen (secondary N) is 2. The minimum atomic E-state index is -0.288. The van der Waals surface area contributed by atoms with Crippen molar-refractivity contribution in [3.63, 3.8) is 0 Å². The SMILES string of the molecule is CC(=O)c1cccc(Nc2ccnc(C(=O)NCc3ccc4c(c3)OCO4)c2)c1. The molecule has 0 unspecified atom stereocenters. The molecule has 2 aromatic carbocycles. The van der Waals surface area contributed by atoms with E-state index in [0.29, 0.717) is 35.0 Å². The first-order valence-electron chi connectivity index (χ1n) is 9.09. The Morgan fingerprint density at radius 2 is 1.83 bits per heavy atom. The molecule has 0 saturated carbocycles. The van der Waals surface area contributed by atoms with Crippen molar-refractivity contribution in [3.8, 4) is 11.5 Å². The lowest BCUT2D eigenvalue weighted by Crippen LogP contribution is -2.23. The lowest BCUT2D eigenvalue weighted by molar-refractivity contribution is 0.0945. The number of anilines is 2. The number of ketones is 1. The monoisotopic (exact) mass is 389 g/mol. The summed E-state index contributed by atoms with van der Waals surface area (Å²) in [6, 6.07) is 16.1. The molecule has 0 radical (unpaired) electrons. The fourth-order valence-corrected chi connectivity index (χ4v) is 2.94. The number of amides is 1. The van der Waals surface area contributed by atoms with Crippen molar-refractivity contribution in [1.29, 1.82) is 0 Å². The van der Waals surface area contributed by atoms with E-state index < -0.39 is 0 Å². The minimum absolute atomic E-state index is 0.00744. The Morgan fingerprint density at radius 3 is 2.69 bits per heavy atom. The molecule has 146 valence electrons. The van der Waals surface area contributed by atoms with Gasteiger partial charge in [0.1, 0.15) is 5.69 Å². The summed E-state index contributed by atoms with van der Waals surface area (Å²) in [5.41, 5.74) is 3.27. The number of fused-ring (bicyclic) bond motifs is 1. The van der Waals surface area contributed by atoms with E-state index in [4.69, 9.17) is 9.47 Å². The second-order valence-corrected chi connectivity index (χ2v) is 6.56. The van der Waals surface area contributed by atoms with Crippen molar-refractivity contribution in [2.24, 2.45) is 0 Å². The van der Waals surface area contributed by atoms with Crippen molar-refractivity contribution in [2.75, 3.05) is 12.1 Å². The highest BCUT2D eigenvalue weighted by Gasteiger charge is 2.14. The van der Waals surface area contributed by atoms with Crippen LogP contribution in [0, 0.1) is 0 Å². The van der Waals surface area contributed by atoms with E-state index in [9.17, 15) is 9.59 Å². The Labute approximate surface area is 167 Å². The van der Waals surface area contributed by atoms with Crippen molar-refractivity contribution < 1.29 is 19.1 Å². The summed E-state index contributed by atoms with van der Waals surface area (Å²) in [6.45, 7) is 2.08. The molecule has 0 atom stereocenters. The van der Waals surface area contributed by atoms with E-state index in [1.165, 1.54) is 6.92 Å². The number of carbonyl (C=O) groups is 2. The van der Waals surface area contributed by atoms with Crippen LogP contribution in [-0.2, 0) is 6.54 Å². The molecule has 0 aliphatic carbocycles. The number of hydrogen-bond donors (Lipinski definition) is 2. The third-order valence-electron chi connectivity index (χ3n) is 4.44. The fourth-order valence-electron chi connectivity index (χ4n) is 2.94. The zero-order chi connectivity index (χ0) is 20.2. The molecule has 1 aliphatic rings. The van der Waals surface area contributed by atoms with Crippen LogP contribution in [0.2, 0.25) is 0 Å². The molecule has 0 fully saturated rings. The van der Waals surface area contributed by atoms with Crippen molar-refractivity contribution >= 4 is 23.1 Å². The van der Waals surface area contributed by atoms with Crippen LogP contribution < -0.4 is 20.1 Å². The number of pyridine rings is 1. The average Bonchev–Trinajstić information content (AvgIpc) is 3.20. The average molecular weight is 389 g/mol. The number of ether oxygens (including phenoxy) is 2. The summed E-state index contributed by atoms with van der Waals surface area (Å²) in [5.74, 6) is 1.08. The van der Waals surface area contributed by atoms with Gasteiger partial charge in [-0.3, -0.25) is 14.6 Å². The van der Waals surface area contributed by atoms with Gasteiger partial charge in [0.25, 0.3) is 5.91 Å². The number of Topliss-reactive ketones (excluding diaryl/α,β-unsaturated/α-hetero) is 1. The zero-order valence-electron chi connectivity index (χ0n) is 15.8. The first-order valence-corrected chi connectivity index (χ1v) is 9.09. The van der Waals surface area contributed by atoms with Gasteiger partial charge >= 0.3 is 0 Å². The molecule has 0 saturated heterocycles. The number of benzene rings is 2. The van der Waals surface area contributed by atoms with Crippen LogP contribution in [0.5, 0.6) is 11.5 Å². The van der Waals surface area contributed by atoms with E-state index in [1.807, 2.05) is 24.3 Å². The van der Waals surface area contributed by atoms with E-state index in [2.05, 4.69) is 15.6 Å². The molecule has 2 N–H and O–H groups in total. The van der Waals surface area contributed by atoms with Crippen molar-refractivity contribution in [3.05, 3.63) is 77.6 Å². The van der Waals surface area contributed by atoms with Gasteiger partial charge in [0, 0.05) is 29.7 Å². The third kappa shape index (κ3) is 4.35. The number of aromatic nitrogens is 1. The topological polar surface area (TPSA) is 89.6 Å². The quantitative estimate of drug-likeness (QED) is 0.625. The smallest absolute Gasteiger partial charge is 0.270 e. The van der Waals surface area contributed by atoms with Crippen LogP contribution in [-0.4, -0.2) is 23.5 Å². The van der Waals surface area contributed by atoms with E-state index in [-0.39, 0.29) is 18.5 Å². The number of rotatable bonds is 6. The van der Waals surface area contributed by atoms with Gasteiger partial charge in [0.15, 0.2) is 17.3 Å². The highest BCUT2D eigenvalue weighted by molar-refractivity contribution is 5.95. The molecule has 0 spiro atoms. The number of hydrogen-bond acceptors (Lipinski definition) is 6. The largest absolute Gasteiger partial charge is 0.454 e. The van der Waals surface area contributed by atoms with Crippen molar-refractivity contribution in [2.45, 2.75) is 13.5 Å². The predicted molar refractivity (Wildman–Crippen MR) is 108 cm³/mol. The Balaban J connectivity index is 1.42. The van der Waals surface area contributed by atoms with Gasteiger partial charge in [0.05, 0.1) is 0 Å². The van der Waals surface area contributed by atoms with E-state index in [1.54, 1.807) is 36.5 Å². The third-order valence-corrected chi connectivity index (χ3v) is 4.44. The van der Waals surface area contributed by atoms with Crippen LogP contribution in [0.3, 0.4) is 0 Å². The summed E-state index contributed by atoms with van der Waals surface area (Å²) in [7, 11) is 0. The van der Waals surface area contributed by atoms with Gasteiger partial charge in [-0.05, 0) is 48.9 Å². The first-order chi connectivity index (χ1) is 14.1. The summed E-state index contributed by atoms with van der Waals surface area (Å²) < 4.78 is 10.6. The fraction of sp³-hybridized carbons (Fsp3) is 0.136. The van der Waals surface area contributed by atoms with Crippen LogP contribution >= 0.6 is 0 Å². The summed E-state index contributed by atoms with van der Waals surface area (Å²) >= 11 is 0. The molecule has 1 aliphatic heterocycles. The Bertz CT molecular complexity index is 1080. The normalized spacial score (nSPS) is 11.8. The maximum atomic E-state index is 12.5. The van der Waals surface area contributed by atoms with Gasteiger partial charge in [0.2, 0.25) is 6.79 Å². The van der Waals surface area contributed by atoms with E-state index in [0.717, 1.165) is 11.3 Å². The van der Waals surface area contributed by atoms with Crippen LogP contribution in [0.25, 0.3) is 0 Å². The second kappa shape index (κ2) is 8.02. The van der Waals surface area contributed by atoms with Crippen LogP contribution in [0.15, 0.2) is 60.8 Å². The highest BCUT2D eigenvalue weighted by atomic mass is 16.7. The Kier molecular flexibility index (Phi) is 5.11. The molecule has 3 aromatic rings. The van der Waals surface area contributed by atoms with Gasteiger partial charge in [-0.2, -0.15) is 0 Å². The molecule has 1 aromatic heterocycles. The second-order valence-electron chi connectivity index (χ2n) is 6.56. The summed E-state index contributed by atoms with van der Waals surface area (Å²) in [6.07, 6.45) is 1.56. The molecule has 2 heterocycles. The Hall–Kier alpha value is -3.87. The highest BCUT2D eigenvalue weighted by Crippen LogP contribution is 2.32. The van der Waals surface area contributed by atoms with E-state index >= 15 is 0 Å². The molecular formula is C22H19N3O4. The lowest BCUT2D eigenvalue weighted by atomic mass is 10.1. The molecule has 1 amide bonds. The van der Waals surface area contributed by atoms with Gasteiger partial charge in [-0.1, -0.05) is 18.2 Å². The number of nitrogens with zero attached hydrogens (tertiary/aromatic N) is 1. The predicted octanol–water partition coefficient (Wildman–Crippen LogP) is 3.69. The number of carbonyl (C=O) groups excluding carboxylic acids is 2. The van der Waals surface area contributed by atoms with Gasteiger partial charge < -0.3 is 20.1 Å².